The number of hydrogen-bond donors (Lipinski definition) is 1. The first-order valence-electron chi connectivity index (χ1n) is 8.60. The zero-order valence-electron chi connectivity index (χ0n) is 14.3. The maximum atomic E-state index is 12.0. The Labute approximate surface area is 152 Å². The van der Waals surface area contributed by atoms with Gasteiger partial charge in [0.2, 0.25) is 6.79 Å². The molecule has 2 aliphatic rings. The Kier molecular flexibility index (Phi) is 4.50. The molecule has 0 radical (unpaired) electrons. The molecule has 2 aromatic rings. The zero-order valence-corrected chi connectivity index (χ0v) is 15.1. The molecule has 2 heterocycles. The van der Waals surface area contributed by atoms with Gasteiger partial charge in [0.15, 0.2) is 21.3 Å². The van der Waals surface area contributed by atoms with Gasteiger partial charge < -0.3 is 14.6 Å². The number of sulfone groups is 1. The first-order chi connectivity index (χ1) is 12.5. The quantitative estimate of drug-likeness (QED) is 0.864. The van der Waals surface area contributed by atoms with E-state index in [-0.39, 0.29) is 30.1 Å². The van der Waals surface area contributed by atoms with Gasteiger partial charge in [0.25, 0.3) is 0 Å². The summed E-state index contributed by atoms with van der Waals surface area (Å²) in [5.74, 6) is 1.65. The smallest absolute Gasteiger partial charge is 0.231 e. The molecule has 2 aliphatic heterocycles. The van der Waals surface area contributed by atoms with Crippen molar-refractivity contribution in [2.24, 2.45) is 0 Å². The summed E-state index contributed by atoms with van der Waals surface area (Å²) in [4.78, 5) is 2.12. The SMILES string of the molecule is O=S1(=O)CC[C@H](N(Cc2ccccc2)Cc2cc3c(cc2O)OCO3)C1. The van der Waals surface area contributed by atoms with E-state index in [1.165, 1.54) is 0 Å². The minimum atomic E-state index is -2.99. The van der Waals surface area contributed by atoms with Gasteiger partial charge in [0.05, 0.1) is 11.5 Å². The minimum Gasteiger partial charge on any atom is -0.507 e. The van der Waals surface area contributed by atoms with Crippen LogP contribution in [0.25, 0.3) is 0 Å². The monoisotopic (exact) mass is 375 g/mol. The van der Waals surface area contributed by atoms with Gasteiger partial charge in [-0.15, -0.1) is 0 Å². The summed E-state index contributed by atoms with van der Waals surface area (Å²) < 4.78 is 34.6. The van der Waals surface area contributed by atoms with Crippen LogP contribution in [-0.2, 0) is 22.9 Å². The standard InChI is InChI=1S/C19H21NO5S/c21-17-9-19-18(24-13-25-19)8-15(17)11-20(10-14-4-2-1-3-5-14)16-6-7-26(22,23)12-16/h1-5,8-9,16,21H,6-7,10-13H2/t16-/m0/s1. The van der Waals surface area contributed by atoms with E-state index in [0.717, 1.165) is 5.56 Å². The van der Waals surface area contributed by atoms with E-state index >= 15 is 0 Å². The fraction of sp³-hybridized carbons (Fsp3) is 0.368. The Morgan fingerprint density at radius 1 is 1.08 bits per heavy atom. The summed E-state index contributed by atoms with van der Waals surface area (Å²) in [5, 5.41) is 10.4. The van der Waals surface area contributed by atoms with E-state index in [1.54, 1.807) is 12.1 Å². The van der Waals surface area contributed by atoms with Gasteiger partial charge in [-0.2, -0.15) is 0 Å². The van der Waals surface area contributed by atoms with E-state index in [4.69, 9.17) is 9.47 Å². The van der Waals surface area contributed by atoms with Crippen molar-refractivity contribution in [3.8, 4) is 17.2 Å². The van der Waals surface area contributed by atoms with Crippen LogP contribution in [0, 0.1) is 0 Å². The summed E-state index contributed by atoms with van der Waals surface area (Å²) in [7, 11) is -2.99. The molecule has 1 saturated heterocycles. The number of benzene rings is 2. The van der Waals surface area contributed by atoms with Gasteiger partial charge in [-0.25, -0.2) is 8.42 Å². The molecule has 0 saturated carbocycles. The van der Waals surface area contributed by atoms with Gasteiger partial charge in [0.1, 0.15) is 5.75 Å². The topological polar surface area (TPSA) is 76.1 Å². The molecule has 1 N–H and O–H groups in total. The Morgan fingerprint density at radius 2 is 1.81 bits per heavy atom. The van der Waals surface area contributed by atoms with Gasteiger partial charge in [-0.3, -0.25) is 4.90 Å². The van der Waals surface area contributed by atoms with E-state index in [0.29, 0.717) is 36.6 Å². The average Bonchev–Trinajstić information content (AvgIpc) is 3.21. The Bertz CT molecular complexity index is 898. The predicted molar refractivity (Wildman–Crippen MR) is 97.0 cm³/mol. The zero-order chi connectivity index (χ0) is 18.1. The minimum absolute atomic E-state index is 0.0648. The third-order valence-electron chi connectivity index (χ3n) is 4.90. The maximum absolute atomic E-state index is 12.0. The van der Waals surface area contributed by atoms with Crippen molar-refractivity contribution in [2.75, 3.05) is 18.3 Å². The molecule has 0 spiro atoms. The van der Waals surface area contributed by atoms with Crippen molar-refractivity contribution in [3.05, 3.63) is 53.6 Å². The Hall–Kier alpha value is -2.25. The maximum Gasteiger partial charge on any atom is 0.231 e. The highest BCUT2D eigenvalue weighted by molar-refractivity contribution is 7.91. The van der Waals surface area contributed by atoms with Crippen LogP contribution in [0.1, 0.15) is 17.5 Å². The number of fused-ring (bicyclic) bond motifs is 1. The van der Waals surface area contributed by atoms with Crippen molar-refractivity contribution in [3.63, 3.8) is 0 Å². The Balaban J connectivity index is 1.61. The molecule has 1 atom stereocenters. The summed E-state index contributed by atoms with van der Waals surface area (Å²) in [6.45, 7) is 1.21. The number of nitrogens with zero attached hydrogens (tertiary/aromatic N) is 1. The van der Waals surface area contributed by atoms with Gasteiger partial charge in [0, 0.05) is 30.8 Å². The summed E-state index contributed by atoms with van der Waals surface area (Å²) in [5.41, 5.74) is 1.81. The molecule has 138 valence electrons. The van der Waals surface area contributed by atoms with Crippen LogP contribution in [0.5, 0.6) is 17.2 Å². The van der Waals surface area contributed by atoms with Crippen molar-refractivity contribution in [1.29, 1.82) is 0 Å². The van der Waals surface area contributed by atoms with Gasteiger partial charge in [-0.05, 0) is 18.1 Å². The third kappa shape index (κ3) is 3.64. The molecule has 4 rings (SSSR count). The van der Waals surface area contributed by atoms with Crippen LogP contribution < -0.4 is 9.47 Å². The van der Waals surface area contributed by atoms with E-state index in [9.17, 15) is 13.5 Å². The molecule has 0 bridgehead atoms. The number of rotatable bonds is 5. The van der Waals surface area contributed by atoms with Crippen LogP contribution in [0.3, 0.4) is 0 Å². The summed E-state index contributed by atoms with van der Waals surface area (Å²) in [6.07, 6.45) is 0.612. The van der Waals surface area contributed by atoms with Crippen LogP contribution >= 0.6 is 0 Å². The predicted octanol–water partition coefficient (Wildman–Crippen LogP) is 2.31. The van der Waals surface area contributed by atoms with Crippen LogP contribution in [0.15, 0.2) is 42.5 Å². The van der Waals surface area contributed by atoms with Gasteiger partial charge >= 0.3 is 0 Å². The van der Waals surface area contributed by atoms with Crippen molar-refractivity contribution >= 4 is 9.84 Å². The molecule has 1 fully saturated rings. The third-order valence-corrected chi connectivity index (χ3v) is 6.65. The molecule has 0 unspecified atom stereocenters. The second-order valence-corrected chi connectivity index (χ2v) is 9.01. The van der Waals surface area contributed by atoms with Crippen LogP contribution in [0.2, 0.25) is 0 Å². The van der Waals surface area contributed by atoms with E-state index in [2.05, 4.69) is 4.90 Å². The normalized spacial score (nSPS) is 20.6. The fourth-order valence-corrected chi connectivity index (χ4v) is 5.28. The summed E-state index contributed by atoms with van der Waals surface area (Å²) >= 11 is 0. The highest BCUT2D eigenvalue weighted by Gasteiger charge is 2.33. The van der Waals surface area contributed by atoms with Gasteiger partial charge in [-0.1, -0.05) is 30.3 Å². The lowest BCUT2D eigenvalue weighted by Gasteiger charge is -2.28. The molecule has 2 aromatic carbocycles. The van der Waals surface area contributed by atoms with E-state index < -0.39 is 9.84 Å². The lowest BCUT2D eigenvalue weighted by atomic mass is 10.1. The van der Waals surface area contributed by atoms with Crippen LogP contribution in [0.4, 0.5) is 0 Å². The molecule has 0 amide bonds. The van der Waals surface area contributed by atoms with Crippen molar-refractivity contribution in [2.45, 2.75) is 25.6 Å². The first kappa shape index (κ1) is 17.2. The molecule has 7 heteroatoms. The lowest BCUT2D eigenvalue weighted by molar-refractivity contribution is 0.173. The van der Waals surface area contributed by atoms with Crippen molar-refractivity contribution < 1.29 is 23.0 Å². The number of phenols is 1. The first-order valence-corrected chi connectivity index (χ1v) is 10.4. The average molecular weight is 375 g/mol. The summed E-state index contributed by atoms with van der Waals surface area (Å²) in [6, 6.07) is 13.2. The highest BCUT2D eigenvalue weighted by Crippen LogP contribution is 2.38. The number of hydrogen-bond acceptors (Lipinski definition) is 6. The molecule has 6 nitrogen and oxygen atoms in total. The lowest BCUT2D eigenvalue weighted by Crippen LogP contribution is -2.35. The number of phenolic OH excluding ortho intramolecular Hbond substituents is 1. The Morgan fingerprint density at radius 3 is 2.50 bits per heavy atom. The van der Waals surface area contributed by atoms with E-state index in [1.807, 2.05) is 30.3 Å². The van der Waals surface area contributed by atoms with Crippen LogP contribution in [-0.4, -0.2) is 42.8 Å². The second-order valence-electron chi connectivity index (χ2n) is 6.78. The molecule has 0 aliphatic carbocycles. The number of aromatic hydroxyl groups is 1. The second kappa shape index (κ2) is 6.81. The molecule has 26 heavy (non-hydrogen) atoms. The number of ether oxygens (including phenoxy) is 2. The highest BCUT2D eigenvalue weighted by atomic mass is 32.2. The van der Waals surface area contributed by atoms with Crippen molar-refractivity contribution in [1.82, 2.24) is 4.90 Å². The molecular weight excluding hydrogens is 354 g/mol. The largest absolute Gasteiger partial charge is 0.507 e. The molecule has 0 aromatic heterocycles. The fourth-order valence-electron chi connectivity index (χ4n) is 3.51. The molecular formula is C19H21NO5S.